The molecule has 0 unspecified atom stereocenters. The minimum absolute atomic E-state index is 0.121. The fraction of sp³-hybridized carbons (Fsp3) is 0. The van der Waals surface area contributed by atoms with Crippen LogP contribution in [0.4, 0.5) is 5.69 Å². The third kappa shape index (κ3) is 3.86. The lowest BCUT2D eigenvalue weighted by Crippen LogP contribution is -1.95. The molecule has 2 aromatic carbocycles. The van der Waals surface area contributed by atoms with Crippen molar-refractivity contribution in [2.45, 2.75) is 0 Å². The summed E-state index contributed by atoms with van der Waals surface area (Å²) in [5.74, 6) is 0.0479. The number of carbonyl (C=O) groups is 1. The van der Waals surface area contributed by atoms with E-state index in [0.29, 0.717) is 16.3 Å². The van der Waals surface area contributed by atoms with Gasteiger partial charge in [0, 0.05) is 34.6 Å². The predicted octanol–water partition coefficient (Wildman–Crippen LogP) is 3.85. The molecule has 0 aliphatic carbocycles. The van der Waals surface area contributed by atoms with Crippen LogP contribution in [0.1, 0.15) is 10.4 Å². The van der Waals surface area contributed by atoms with Crippen LogP contribution in [0.3, 0.4) is 0 Å². The third-order valence-corrected chi connectivity index (χ3v) is 2.71. The molecular formula is C15H12ClNO2. The molecule has 0 aromatic heterocycles. The molecule has 0 spiro atoms. The zero-order chi connectivity index (χ0) is 13.7. The number of nitrogens with one attached hydrogen (secondary N) is 1. The highest BCUT2D eigenvalue weighted by Gasteiger charge is 2.00. The molecule has 0 amide bonds. The van der Waals surface area contributed by atoms with E-state index in [0.717, 1.165) is 0 Å². The van der Waals surface area contributed by atoms with E-state index in [1.165, 1.54) is 12.3 Å². The van der Waals surface area contributed by atoms with Crippen LogP contribution in [0.2, 0.25) is 5.02 Å². The van der Waals surface area contributed by atoms with Gasteiger partial charge in [0.2, 0.25) is 0 Å². The highest BCUT2D eigenvalue weighted by molar-refractivity contribution is 6.30. The molecule has 4 heteroatoms. The number of anilines is 1. The molecule has 0 heterocycles. The van der Waals surface area contributed by atoms with Crippen LogP contribution in [-0.4, -0.2) is 10.9 Å². The lowest BCUT2D eigenvalue weighted by molar-refractivity contribution is 0.104. The molecule has 2 rings (SSSR count). The minimum Gasteiger partial charge on any atom is -0.508 e. The summed E-state index contributed by atoms with van der Waals surface area (Å²) in [5.41, 5.74) is 1.28. The molecule has 0 saturated carbocycles. The topological polar surface area (TPSA) is 49.3 Å². The Kier molecular flexibility index (Phi) is 4.21. The summed E-state index contributed by atoms with van der Waals surface area (Å²) in [6, 6.07) is 13.3. The number of phenols is 1. The van der Waals surface area contributed by atoms with Crippen molar-refractivity contribution in [1.29, 1.82) is 0 Å². The first kappa shape index (κ1) is 13.2. The van der Waals surface area contributed by atoms with Gasteiger partial charge in [0.1, 0.15) is 5.75 Å². The van der Waals surface area contributed by atoms with E-state index in [9.17, 15) is 9.90 Å². The fourth-order valence-electron chi connectivity index (χ4n) is 1.52. The van der Waals surface area contributed by atoms with Crippen molar-refractivity contribution in [3.05, 3.63) is 71.4 Å². The first-order valence-corrected chi connectivity index (χ1v) is 6.05. The second-order valence-electron chi connectivity index (χ2n) is 3.90. The summed E-state index contributed by atoms with van der Waals surface area (Å²) in [7, 11) is 0. The first-order valence-electron chi connectivity index (χ1n) is 5.67. The number of benzene rings is 2. The van der Waals surface area contributed by atoms with Crippen molar-refractivity contribution in [1.82, 2.24) is 0 Å². The lowest BCUT2D eigenvalue weighted by atomic mass is 10.1. The van der Waals surface area contributed by atoms with Gasteiger partial charge in [-0.2, -0.15) is 0 Å². The van der Waals surface area contributed by atoms with Gasteiger partial charge in [-0.05, 0) is 36.4 Å². The Morgan fingerprint density at radius 3 is 2.58 bits per heavy atom. The van der Waals surface area contributed by atoms with Gasteiger partial charge in [0.25, 0.3) is 0 Å². The van der Waals surface area contributed by atoms with Gasteiger partial charge in [-0.3, -0.25) is 4.79 Å². The van der Waals surface area contributed by atoms with E-state index in [1.54, 1.807) is 48.5 Å². The molecule has 0 fully saturated rings. The second-order valence-corrected chi connectivity index (χ2v) is 4.34. The SMILES string of the molecule is O=C(C=CNc1cccc(O)c1)c1ccc(Cl)cc1. The highest BCUT2D eigenvalue weighted by atomic mass is 35.5. The summed E-state index contributed by atoms with van der Waals surface area (Å²) >= 11 is 5.75. The Labute approximate surface area is 116 Å². The Morgan fingerprint density at radius 2 is 1.89 bits per heavy atom. The summed E-state index contributed by atoms with van der Waals surface area (Å²) in [6.45, 7) is 0. The summed E-state index contributed by atoms with van der Waals surface area (Å²) in [4.78, 5) is 11.8. The number of hydrogen-bond donors (Lipinski definition) is 2. The van der Waals surface area contributed by atoms with Crippen LogP contribution in [-0.2, 0) is 0 Å². The van der Waals surface area contributed by atoms with Crippen molar-refractivity contribution in [3.63, 3.8) is 0 Å². The molecule has 0 saturated heterocycles. The maximum Gasteiger partial charge on any atom is 0.187 e. The van der Waals surface area contributed by atoms with E-state index < -0.39 is 0 Å². The molecule has 3 nitrogen and oxygen atoms in total. The summed E-state index contributed by atoms with van der Waals surface area (Å²) in [5, 5.41) is 12.8. The Balaban J connectivity index is 1.99. The highest BCUT2D eigenvalue weighted by Crippen LogP contribution is 2.15. The Morgan fingerprint density at radius 1 is 1.16 bits per heavy atom. The summed E-state index contributed by atoms with van der Waals surface area (Å²) < 4.78 is 0. The zero-order valence-corrected chi connectivity index (χ0v) is 10.8. The Bertz CT molecular complexity index is 606. The van der Waals surface area contributed by atoms with Gasteiger partial charge in [-0.25, -0.2) is 0 Å². The molecule has 2 N–H and O–H groups in total. The summed E-state index contributed by atoms with van der Waals surface area (Å²) in [6.07, 6.45) is 2.96. The number of aromatic hydroxyl groups is 1. The quantitative estimate of drug-likeness (QED) is 0.657. The van der Waals surface area contributed by atoms with Gasteiger partial charge in [0.05, 0.1) is 0 Å². The van der Waals surface area contributed by atoms with E-state index in [1.807, 2.05) is 0 Å². The Hall–Kier alpha value is -2.26. The molecule has 0 aliphatic heterocycles. The smallest absolute Gasteiger partial charge is 0.187 e. The second kappa shape index (κ2) is 6.07. The average Bonchev–Trinajstić information content (AvgIpc) is 2.39. The molecule has 19 heavy (non-hydrogen) atoms. The van der Waals surface area contributed by atoms with E-state index >= 15 is 0 Å². The van der Waals surface area contributed by atoms with Gasteiger partial charge in [-0.1, -0.05) is 17.7 Å². The van der Waals surface area contributed by atoms with Gasteiger partial charge < -0.3 is 10.4 Å². The molecule has 0 aliphatic rings. The third-order valence-electron chi connectivity index (χ3n) is 2.46. The van der Waals surface area contributed by atoms with Crippen molar-refractivity contribution in [2.24, 2.45) is 0 Å². The largest absolute Gasteiger partial charge is 0.508 e. The maximum absolute atomic E-state index is 11.8. The first-order chi connectivity index (χ1) is 9.15. The van der Waals surface area contributed by atoms with Crippen LogP contribution >= 0.6 is 11.6 Å². The van der Waals surface area contributed by atoms with Crippen molar-refractivity contribution >= 4 is 23.1 Å². The monoisotopic (exact) mass is 273 g/mol. The van der Waals surface area contributed by atoms with Gasteiger partial charge in [0.15, 0.2) is 5.78 Å². The molecule has 0 radical (unpaired) electrons. The number of allylic oxidation sites excluding steroid dienone is 1. The average molecular weight is 274 g/mol. The molecule has 2 aromatic rings. The molecule has 0 bridgehead atoms. The lowest BCUT2D eigenvalue weighted by Gasteiger charge is -2.00. The van der Waals surface area contributed by atoms with E-state index in [-0.39, 0.29) is 11.5 Å². The van der Waals surface area contributed by atoms with Gasteiger partial charge in [-0.15, -0.1) is 0 Å². The van der Waals surface area contributed by atoms with Crippen molar-refractivity contribution in [2.75, 3.05) is 5.32 Å². The number of phenolic OH excluding ortho intramolecular Hbond substituents is 1. The van der Waals surface area contributed by atoms with Crippen molar-refractivity contribution in [3.8, 4) is 5.75 Å². The number of rotatable bonds is 4. The fourth-order valence-corrected chi connectivity index (χ4v) is 1.65. The number of ketones is 1. The van der Waals surface area contributed by atoms with Crippen molar-refractivity contribution < 1.29 is 9.90 Å². The van der Waals surface area contributed by atoms with Crippen LogP contribution in [0.25, 0.3) is 0 Å². The predicted molar refractivity (Wildman–Crippen MR) is 76.7 cm³/mol. The van der Waals surface area contributed by atoms with Gasteiger partial charge >= 0.3 is 0 Å². The number of carbonyl (C=O) groups excluding carboxylic acids is 1. The molecule has 96 valence electrons. The number of halogens is 1. The van der Waals surface area contributed by atoms with Crippen LogP contribution in [0.5, 0.6) is 5.75 Å². The van der Waals surface area contributed by atoms with Crippen LogP contribution in [0, 0.1) is 0 Å². The van der Waals surface area contributed by atoms with Crippen LogP contribution in [0.15, 0.2) is 60.8 Å². The minimum atomic E-state index is -0.121. The number of hydrogen-bond acceptors (Lipinski definition) is 3. The molecule has 0 atom stereocenters. The normalized spacial score (nSPS) is 10.6. The maximum atomic E-state index is 11.8. The van der Waals surface area contributed by atoms with Crippen LogP contribution < -0.4 is 5.32 Å². The van der Waals surface area contributed by atoms with E-state index in [2.05, 4.69) is 5.32 Å². The van der Waals surface area contributed by atoms with E-state index in [4.69, 9.17) is 11.6 Å². The standard InChI is InChI=1S/C15H12ClNO2/c16-12-6-4-11(5-7-12)15(19)8-9-17-13-2-1-3-14(18)10-13/h1-10,17-18H. The molecular weight excluding hydrogens is 262 g/mol. The zero-order valence-electron chi connectivity index (χ0n) is 10.0.